The van der Waals surface area contributed by atoms with Crippen molar-refractivity contribution in [3.8, 4) is 0 Å². The first-order valence-corrected chi connectivity index (χ1v) is 3.42. The molecule has 0 atom stereocenters. The topological polar surface area (TPSA) is 0 Å². The molecular formula is C9H8Cl. The van der Waals surface area contributed by atoms with E-state index in [1.54, 1.807) is 6.08 Å². The standard InChI is InChI=1S/C9H8Cl/c1-2-4-8-5-3-6-9(10)7-8/h2-7H,1H2. The number of allylic oxidation sites excluding steroid dienone is 1. The molecule has 1 aromatic carbocycles. The molecule has 0 unspecified atom stereocenters. The van der Waals surface area contributed by atoms with Gasteiger partial charge >= 0.3 is 0 Å². The Morgan fingerprint density at radius 2 is 2.20 bits per heavy atom. The van der Waals surface area contributed by atoms with Crippen molar-refractivity contribution in [1.29, 1.82) is 0 Å². The van der Waals surface area contributed by atoms with Crippen molar-refractivity contribution in [3.63, 3.8) is 0 Å². The van der Waals surface area contributed by atoms with E-state index in [-0.39, 0.29) is 0 Å². The van der Waals surface area contributed by atoms with Gasteiger partial charge in [0.15, 0.2) is 0 Å². The van der Waals surface area contributed by atoms with Crippen molar-refractivity contribution in [2.45, 2.75) is 0 Å². The summed E-state index contributed by atoms with van der Waals surface area (Å²) in [6, 6.07) is 7.64. The van der Waals surface area contributed by atoms with Gasteiger partial charge in [-0.3, -0.25) is 0 Å². The summed E-state index contributed by atoms with van der Waals surface area (Å²) in [5, 5.41) is 0.760. The second-order valence-electron chi connectivity index (χ2n) is 1.96. The van der Waals surface area contributed by atoms with Gasteiger partial charge in [-0.1, -0.05) is 35.9 Å². The molecule has 0 saturated heterocycles. The Labute approximate surface area is 66.1 Å². The Morgan fingerprint density at radius 1 is 1.40 bits per heavy atom. The molecule has 0 aliphatic heterocycles. The lowest BCUT2D eigenvalue weighted by Crippen LogP contribution is -1.68. The number of rotatable bonds is 1. The molecule has 0 heterocycles. The summed E-state index contributed by atoms with van der Waals surface area (Å²) in [4.78, 5) is 0. The molecule has 0 saturated carbocycles. The number of benzene rings is 1. The van der Waals surface area contributed by atoms with Gasteiger partial charge in [0.1, 0.15) is 0 Å². The Bertz CT molecular complexity index is 238. The third-order valence-electron chi connectivity index (χ3n) is 1.16. The first-order valence-electron chi connectivity index (χ1n) is 3.04. The minimum atomic E-state index is 0.760. The zero-order valence-electron chi connectivity index (χ0n) is 5.55. The highest BCUT2D eigenvalue weighted by Crippen LogP contribution is 2.11. The first kappa shape index (κ1) is 7.36. The smallest absolute Gasteiger partial charge is 0.0411 e. The van der Waals surface area contributed by atoms with Crippen LogP contribution in [0.5, 0.6) is 0 Å². The van der Waals surface area contributed by atoms with Crippen LogP contribution < -0.4 is 0 Å². The lowest BCUT2D eigenvalue weighted by atomic mass is 10.2. The van der Waals surface area contributed by atoms with Gasteiger partial charge in [0, 0.05) is 5.02 Å². The zero-order valence-corrected chi connectivity index (χ0v) is 6.31. The fraction of sp³-hybridized carbons (Fsp3) is 0. The maximum Gasteiger partial charge on any atom is 0.0411 e. The third-order valence-corrected chi connectivity index (χ3v) is 1.39. The van der Waals surface area contributed by atoms with Crippen LogP contribution in [0.4, 0.5) is 0 Å². The monoisotopic (exact) mass is 151 g/mol. The number of hydrogen-bond acceptors (Lipinski definition) is 0. The third kappa shape index (κ3) is 1.89. The second kappa shape index (κ2) is 3.43. The van der Waals surface area contributed by atoms with Crippen molar-refractivity contribution >= 4 is 17.7 Å². The fourth-order valence-corrected chi connectivity index (χ4v) is 0.945. The van der Waals surface area contributed by atoms with E-state index in [1.807, 2.05) is 30.3 Å². The van der Waals surface area contributed by atoms with Gasteiger partial charge in [0.05, 0.1) is 0 Å². The van der Waals surface area contributed by atoms with Crippen molar-refractivity contribution in [3.05, 3.63) is 47.9 Å². The van der Waals surface area contributed by atoms with Crippen LogP contribution in [0.15, 0.2) is 30.3 Å². The summed E-state index contributed by atoms with van der Waals surface area (Å²) in [5.41, 5.74) is 1.09. The predicted octanol–water partition coefficient (Wildman–Crippen LogP) is 3.19. The highest BCUT2D eigenvalue weighted by molar-refractivity contribution is 6.30. The molecule has 1 heteroatoms. The lowest BCUT2D eigenvalue weighted by Gasteiger charge is -1.91. The highest BCUT2D eigenvalue weighted by atomic mass is 35.5. The molecule has 0 bridgehead atoms. The molecule has 51 valence electrons. The van der Waals surface area contributed by atoms with E-state index < -0.39 is 0 Å². The van der Waals surface area contributed by atoms with Crippen molar-refractivity contribution in [2.24, 2.45) is 0 Å². The van der Waals surface area contributed by atoms with E-state index in [0.717, 1.165) is 10.6 Å². The van der Waals surface area contributed by atoms with Gasteiger partial charge in [-0.15, -0.1) is 0 Å². The predicted molar refractivity (Wildman–Crippen MR) is 45.8 cm³/mol. The largest absolute Gasteiger partial charge is 0.0843 e. The average Bonchev–Trinajstić information content (AvgIpc) is 1.88. The van der Waals surface area contributed by atoms with Crippen molar-refractivity contribution in [1.82, 2.24) is 0 Å². The molecule has 1 rings (SSSR count). The van der Waals surface area contributed by atoms with Crippen LogP contribution in [0.1, 0.15) is 5.56 Å². The van der Waals surface area contributed by atoms with Crippen molar-refractivity contribution < 1.29 is 0 Å². The van der Waals surface area contributed by atoms with Gasteiger partial charge < -0.3 is 0 Å². The Kier molecular flexibility index (Phi) is 2.52. The van der Waals surface area contributed by atoms with Gasteiger partial charge in [0.25, 0.3) is 0 Å². The van der Waals surface area contributed by atoms with Crippen LogP contribution in [0.3, 0.4) is 0 Å². The summed E-state index contributed by atoms with van der Waals surface area (Å²) >= 11 is 5.73. The van der Waals surface area contributed by atoms with Crippen LogP contribution in [-0.4, -0.2) is 0 Å². The van der Waals surface area contributed by atoms with Crippen molar-refractivity contribution in [2.75, 3.05) is 0 Å². The Balaban J connectivity index is 2.95. The molecule has 0 aliphatic rings. The van der Waals surface area contributed by atoms with E-state index in [4.69, 9.17) is 11.6 Å². The molecule has 0 aromatic heterocycles. The summed E-state index contributed by atoms with van der Waals surface area (Å²) in [6.45, 7) is 3.59. The highest BCUT2D eigenvalue weighted by Gasteiger charge is 1.86. The molecular weight excluding hydrogens is 144 g/mol. The van der Waals surface area contributed by atoms with E-state index in [2.05, 4.69) is 6.92 Å². The maximum absolute atomic E-state index is 5.73. The molecule has 0 spiro atoms. The van der Waals surface area contributed by atoms with Crippen LogP contribution in [-0.2, 0) is 0 Å². The van der Waals surface area contributed by atoms with Gasteiger partial charge in [-0.05, 0) is 24.6 Å². The van der Waals surface area contributed by atoms with Crippen LogP contribution >= 0.6 is 11.6 Å². The van der Waals surface area contributed by atoms with E-state index in [0.29, 0.717) is 0 Å². The molecule has 1 radical (unpaired) electrons. The van der Waals surface area contributed by atoms with Gasteiger partial charge in [-0.25, -0.2) is 0 Å². The van der Waals surface area contributed by atoms with E-state index >= 15 is 0 Å². The summed E-state index contributed by atoms with van der Waals surface area (Å²) in [5.74, 6) is 0. The summed E-state index contributed by atoms with van der Waals surface area (Å²) in [7, 11) is 0. The first-order chi connectivity index (χ1) is 4.83. The van der Waals surface area contributed by atoms with Crippen LogP contribution in [0.25, 0.3) is 6.08 Å². The van der Waals surface area contributed by atoms with Gasteiger partial charge in [0.2, 0.25) is 0 Å². The summed E-state index contributed by atoms with van der Waals surface area (Å²) in [6.07, 6.45) is 3.65. The molecule has 0 nitrogen and oxygen atoms in total. The molecule has 10 heavy (non-hydrogen) atoms. The Morgan fingerprint density at radius 3 is 2.80 bits per heavy atom. The van der Waals surface area contributed by atoms with Gasteiger partial charge in [-0.2, -0.15) is 0 Å². The lowest BCUT2D eigenvalue weighted by molar-refractivity contribution is 1.66. The average molecular weight is 152 g/mol. The van der Waals surface area contributed by atoms with Crippen LogP contribution in [0, 0.1) is 6.92 Å². The quantitative estimate of drug-likeness (QED) is 0.578. The zero-order chi connectivity index (χ0) is 7.40. The number of hydrogen-bond donors (Lipinski definition) is 0. The maximum atomic E-state index is 5.73. The normalized spacial score (nSPS) is 10.6. The van der Waals surface area contributed by atoms with Crippen LogP contribution in [0.2, 0.25) is 5.02 Å². The van der Waals surface area contributed by atoms with E-state index in [1.165, 1.54) is 0 Å². The summed E-state index contributed by atoms with van der Waals surface area (Å²) < 4.78 is 0. The molecule has 0 N–H and O–H groups in total. The molecule has 0 aliphatic carbocycles. The second-order valence-corrected chi connectivity index (χ2v) is 2.39. The molecule has 1 aromatic rings. The fourth-order valence-electron chi connectivity index (χ4n) is 0.746. The molecule has 0 fully saturated rings. The number of halogens is 1. The Hall–Kier alpha value is -0.750. The minimum Gasteiger partial charge on any atom is -0.0843 e. The van der Waals surface area contributed by atoms with E-state index in [9.17, 15) is 0 Å². The molecule has 0 amide bonds. The minimum absolute atomic E-state index is 0.760. The SMILES string of the molecule is [CH2]C=Cc1cccc(Cl)c1.